The van der Waals surface area contributed by atoms with Gasteiger partial charge in [0.2, 0.25) is 0 Å². The summed E-state index contributed by atoms with van der Waals surface area (Å²) >= 11 is 0. The molecule has 5 nitrogen and oxygen atoms in total. The summed E-state index contributed by atoms with van der Waals surface area (Å²) in [6.45, 7) is 1.83. The van der Waals surface area contributed by atoms with Crippen molar-refractivity contribution >= 4 is 11.6 Å². The quantitative estimate of drug-likeness (QED) is 0.885. The van der Waals surface area contributed by atoms with Gasteiger partial charge >= 0.3 is 6.18 Å². The van der Waals surface area contributed by atoms with Crippen molar-refractivity contribution in [1.82, 2.24) is 5.01 Å². The van der Waals surface area contributed by atoms with Crippen LogP contribution < -0.4 is 4.74 Å². The first-order valence-electron chi connectivity index (χ1n) is 8.03. The molecule has 1 aliphatic carbocycles. The number of benzene rings is 1. The number of hydrazone groups is 1. The highest BCUT2D eigenvalue weighted by molar-refractivity contribution is 5.99. The molecule has 0 saturated heterocycles. The second-order valence-corrected chi connectivity index (χ2v) is 6.59. The van der Waals surface area contributed by atoms with E-state index in [0.29, 0.717) is 18.6 Å². The molecule has 1 saturated carbocycles. The minimum atomic E-state index is -5.01. The first-order valence-corrected chi connectivity index (χ1v) is 8.03. The van der Waals surface area contributed by atoms with Crippen molar-refractivity contribution in [2.45, 2.75) is 38.1 Å². The summed E-state index contributed by atoms with van der Waals surface area (Å²) in [5.41, 5.74) is -3.08. The summed E-state index contributed by atoms with van der Waals surface area (Å²) in [6, 6.07) is 5.64. The van der Waals surface area contributed by atoms with Crippen molar-refractivity contribution in [3.8, 4) is 5.75 Å². The van der Waals surface area contributed by atoms with Gasteiger partial charge in [-0.15, -0.1) is 0 Å². The van der Waals surface area contributed by atoms with Gasteiger partial charge in [-0.05, 0) is 49.4 Å². The van der Waals surface area contributed by atoms with Crippen molar-refractivity contribution in [2.75, 3.05) is 7.11 Å². The van der Waals surface area contributed by atoms with E-state index in [-0.39, 0.29) is 28.6 Å². The molecule has 0 radical (unpaired) electrons. The smallest absolute Gasteiger partial charge is 0.439 e. The van der Waals surface area contributed by atoms with E-state index in [1.165, 1.54) is 31.4 Å². The molecule has 25 heavy (non-hydrogen) atoms. The number of fused-ring (bicyclic) bond motifs is 1. The predicted octanol–water partition coefficient (Wildman–Crippen LogP) is 3.19. The van der Waals surface area contributed by atoms with Crippen LogP contribution in [0.1, 0.15) is 36.5 Å². The lowest BCUT2D eigenvalue weighted by atomic mass is 9.76. The molecular formula is C17H19F3N2O3. The average molecular weight is 356 g/mol. The van der Waals surface area contributed by atoms with Gasteiger partial charge in [-0.2, -0.15) is 23.3 Å². The molecule has 1 heterocycles. The molecule has 3 rings (SSSR count). The third kappa shape index (κ3) is 2.78. The van der Waals surface area contributed by atoms with Crippen molar-refractivity contribution in [3.63, 3.8) is 0 Å². The third-order valence-electron chi connectivity index (χ3n) is 4.92. The van der Waals surface area contributed by atoms with Crippen molar-refractivity contribution in [3.05, 3.63) is 29.8 Å². The Morgan fingerprint density at radius 1 is 1.36 bits per heavy atom. The molecule has 1 amide bonds. The minimum Gasteiger partial charge on any atom is -0.497 e. The van der Waals surface area contributed by atoms with Crippen molar-refractivity contribution in [1.29, 1.82) is 0 Å². The summed E-state index contributed by atoms with van der Waals surface area (Å²) in [4.78, 5) is 12.7. The monoisotopic (exact) mass is 356 g/mol. The Balaban J connectivity index is 2.00. The first-order chi connectivity index (χ1) is 11.7. The summed E-state index contributed by atoms with van der Waals surface area (Å²) in [5.74, 6) is -1.72. The molecule has 0 unspecified atom stereocenters. The number of nitrogens with zero attached hydrogens (tertiary/aromatic N) is 2. The Bertz CT molecular complexity index is 702. The fraction of sp³-hybridized carbons (Fsp3) is 0.529. The van der Waals surface area contributed by atoms with Gasteiger partial charge in [-0.25, -0.2) is 0 Å². The number of halogens is 3. The number of alkyl halides is 3. The SMILES string of the molecule is COc1ccc(C(=O)N2N=C3CC[C@@H](C)C[C@H]3[C@@]2(O)C(F)(F)F)cc1. The number of hydrogen-bond donors (Lipinski definition) is 1. The van der Waals surface area contributed by atoms with Crippen LogP contribution in [0, 0.1) is 11.8 Å². The van der Waals surface area contributed by atoms with Crippen LogP contribution in [-0.4, -0.2) is 40.7 Å². The highest BCUT2D eigenvalue weighted by Gasteiger charge is 2.68. The summed E-state index contributed by atoms with van der Waals surface area (Å²) < 4.78 is 46.2. The Morgan fingerprint density at radius 2 is 2.00 bits per heavy atom. The van der Waals surface area contributed by atoms with Crippen LogP contribution in [0.25, 0.3) is 0 Å². The van der Waals surface area contributed by atoms with Crippen molar-refractivity contribution in [2.24, 2.45) is 16.9 Å². The molecule has 1 aromatic rings. The molecule has 0 aromatic heterocycles. The fourth-order valence-corrected chi connectivity index (χ4v) is 3.47. The van der Waals surface area contributed by atoms with E-state index in [9.17, 15) is 23.1 Å². The number of carbonyl (C=O) groups excluding carboxylic acids is 1. The van der Waals surface area contributed by atoms with E-state index in [2.05, 4.69) is 5.10 Å². The summed E-state index contributed by atoms with van der Waals surface area (Å²) in [7, 11) is 1.44. The molecule has 136 valence electrons. The zero-order valence-corrected chi connectivity index (χ0v) is 13.9. The number of aliphatic hydroxyl groups is 1. The standard InChI is InChI=1S/C17H19F3N2O3/c1-10-3-8-14-13(9-10)16(24,17(18,19)20)22(21-14)15(23)11-4-6-12(25-2)7-5-11/h4-7,10,13,24H,3,8-9H2,1-2H3/t10-,13-,16-/m1/s1. The van der Waals surface area contributed by atoms with Crippen LogP contribution in [0.15, 0.2) is 29.4 Å². The molecule has 2 aliphatic rings. The largest absolute Gasteiger partial charge is 0.497 e. The van der Waals surface area contributed by atoms with Crippen LogP contribution in [0.4, 0.5) is 13.2 Å². The summed E-state index contributed by atoms with van der Waals surface area (Å²) in [6.07, 6.45) is -3.84. The van der Waals surface area contributed by atoms with Crippen LogP contribution in [-0.2, 0) is 0 Å². The number of methoxy groups -OCH3 is 1. The third-order valence-corrected chi connectivity index (χ3v) is 4.92. The normalized spacial score (nSPS) is 29.2. The van der Waals surface area contributed by atoms with E-state index in [1.54, 1.807) is 0 Å². The average Bonchev–Trinajstić information content (AvgIpc) is 2.88. The predicted molar refractivity (Wildman–Crippen MR) is 84.1 cm³/mol. The van der Waals surface area contributed by atoms with Crippen LogP contribution >= 0.6 is 0 Å². The van der Waals surface area contributed by atoms with Gasteiger partial charge in [0, 0.05) is 11.3 Å². The molecular weight excluding hydrogens is 337 g/mol. The van der Waals surface area contributed by atoms with Crippen LogP contribution in [0.2, 0.25) is 0 Å². The van der Waals surface area contributed by atoms with Gasteiger partial charge < -0.3 is 9.84 Å². The van der Waals surface area contributed by atoms with Crippen LogP contribution in [0.3, 0.4) is 0 Å². The molecule has 1 aromatic carbocycles. The number of amides is 1. The molecule has 3 atom stereocenters. The number of rotatable bonds is 2. The maximum atomic E-state index is 13.8. The number of carbonyl (C=O) groups is 1. The van der Waals surface area contributed by atoms with Gasteiger partial charge in [0.15, 0.2) is 0 Å². The van der Waals surface area contributed by atoms with E-state index in [0.717, 1.165) is 0 Å². The maximum absolute atomic E-state index is 13.8. The van der Waals surface area contributed by atoms with Gasteiger partial charge in [0.05, 0.1) is 13.0 Å². The molecule has 0 bridgehead atoms. The topological polar surface area (TPSA) is 62.1 Å². The van der Waals surface area contributed by atoms with E-state index in [1.807, 2.05) is 6.92 Å². The molecule has 0 spiro atoms. The summed E-state index contributed by atoms with van der Waals surface area (Å²) in [5, 5.41) is 14.7. The lowest BCUT2D eigenvalue weighted by molar-refractivity contribution is -0.313. The highest BCUT2D eigenvalue weighted by Crippen LogP contribution is 2.49. The zero-order valence-electron chi connectivity index (χ0n) is 13.9. The Morgan fingerprint density at radius 3 is 2.56 bits per heavy atom. The molecule has 1 fully saturated rings. The number of hydrogen-bond acceptors (Lipinski definition) is 4. The van der Waals surface area contributed by atoms with Gasteiger partial charge in [0.25, 0.3) is 11.6 Å². The Kier molecular flexibility index (Phi) is 4.26. The van der Waals surface area contributed by atoms with E-state index >= 15 is 0 Å². The molecule has 8 heteroatoms. The number of ether oxygens (including phenoxy) is 1. The van der Waals surface area contributed by atoms with Gasteiger partial charge in [0.1, 0.15) is 5.75 Å². The Labute approximate surface area is 143 Å². The van der Waals surface area contributed by atoms with Crippen molar-refractivity contribution < 1.29 is 27.8 Å². The van der Waals surface area contributed by atoms with Gasteiger partial charge in [-0.3, -0.25) is 4.79 Å². The maximum Gasteiger partial charge on any atom is 0.439 e. The highest BCUT2D eigenvalue weighted by atomic mass is 19.4. The first kappa shape index (κ1) is 17.7. The lowest BCUT2D eigenvalue weighted by Crippen LogP contribution is -2.61. The fourth-order valence-electron chi connectivity index (χ4n) is 3.47. The van der Waals surface area contributed by atoms with E-state index in [4.69, 9.17) is 4.74 Å². The minimum absolute atomic E-state index is 0.000444. The van der Waals surface area contributed by atoms with Gasteiger partial charge in [-0.1, -0.05) is 6.92 Å². The Hall–Kier alpha value is -2.09. The molecule has 1 N–H and O–H groups in total. The van der Waals surface area contributed by atoms with E-state index < -0.39 is 23.7 Å². The van der Waals surface area contributed by atoms with Crippen LogP contribution in [0.5, 0.6) is 5.75 Å². The second kappa shape index (κ2) is 6.01. The lowest BCUT2D eigenvalue weighted by Gasteiger charge is -2.39. The second-order valence-electron chi connectivity index (χ2n) is 6.59. The zero-order chi connectivity index (χ0) is 18.4. The molecule has 1 aliphatic heterocycles.